The van der Waals surface area contributed by atoms with Gasteiger partial charge in [-0.05, 0) is 42.5 Å². The Kier molecular flexibility index (Phi) is 4.87. The molecule has 0 atom stereocenters. The Balaban J connectivity index is 1.73. The molecule has 162 valence electrons. The molecular weight excluding hydrogens is 448 g/mol. The zero-order valence-electron chi connectivity index (χ0n) is 16.7. The lowest BCUT2D eigenvalue weighted by Crippen LogP contribution is -2.20. The quantitative estimate of drug-likeness (QED) is 0.229. The summed E-state index contributed by atoms with van der Waals surface area (Å²) < 4.78 is 6.91. The highest BCUT2D eigenvalue weighted by atomic mass is 35.5. The van der Waals surface area contributed by atoms with Crippen molar-refractivity contribution in [3.63, 3.8) is 0 Å². The van der Waals surface area contributed by atoms with Gasteiger partial charge in [-0.1, -0.05) is 29.8 Å². The van der Waals surface area contributed by atoms with Crippen LogP contribution < -0.4 is 5.56 Å². The van der Waals surface area contributed by atoms with E-state index in [4.69, 9.17) is 16.0 Å². The number of halogens is 1. The fraction of sp³-hybridized carbons (Fsp3) is 0. The van der Waals surface area contributed by atoms with Crippen LogP contribution >= 0.6 is 11.6 Å². The molecule has 0 aliphatic carbocycles. The number of para-hydroxylation sites is 2. The van der Waals surface area contributed by atoms with Gasteiger partial charge in [-0.15, -0.1) is 0 Å². The Labute approximate surface area is 189 Å². The van der Waals surface area contributed by atoms with Gasteiger partial charge in [0.05, 0.1) is 22.0 Å². The van der Waals surface area contributed by atoms with Gasteiger partial charge in [0.1, 0.15) is 5.58 Å². The van der Waals surface area contributed by atoms with Crippen molar-refractivity contribution >= 4 is 45.4 Å². The number of phenols is 1. The summed E-state index contributed by atoms with van der Waals surface area (Å²) >= 11 is 6.07. The third kappa shape index (κ3) is 3.60. The van der Waals surface area contributed by atoms with Gasteiger partial charge >= 0.3 is 5.69 Å². The number of nitro groups is 1. The first-order valence-corrected chi connectivity index (χ1v) is 10.0. The lowest BCUT2D eigenvalue weighted by molar-refractivity contribution is -0.385. The molecule has 0 aliphatic rings. The number of nitrogens with zero attached hydrogens (tertiary/aromatic N) is 4. The smallest absolute Gasteiger partial charge is 0.311 e. The monoisotopic (exact) mass is 460 g/mol. The van der Waals surface area contributed by atoms with E-state index in [0.717, 1.165) is 10.9 Å². The molecule has 0 fully saturated rings. The molecule has 0 amide bonds. The highest BCUT2D eigenvalue weighted by Gasteiger charge is 2.18. The second kappa shape index (κ2) is 7.88. The van der Waals surface area contributed by atoms with Gasteiger partial charge in [-0.2, -0.15) is 9.78 Å². The van der Waals surface area contributed by atoms with Crippen LogP contribution in [-0.2, 0) is 0 Å². The number of aromatic hydroxyl groups is 1. The first-order valence-electron chi connectivity index (χ1n) is 9.64. The van der Waals surface area contributed by atoms with Crippen molar-refractivity contribution in [3.8, 4) is 17.3 Å². The number of fused-ring (bicyclic) bond motifs is 2. The largest absolute Gasteiger partial charge is 0.502 e. The van der Waals surface area contributed by atoms with E-state index in [9.17, 15) is 20.0 Å². The molecule has 9 nitrogen and oxygen atoms in total. The summed E-state index contributed by atoms with van der Waals surface area (Å²) in [6, 6.07) is 17.6. The summed E-state index contributed by atoms with van der Waals surface area (Å²) in [4.78, 5) is 28.2. The number of phenolic OH excluding ortho intramolecular Hbond substituents is 1. The Morgan fingerprint density at radius 3 is 2.76 bits per heavy atom. The van der Waals surface area contributed by atoms with Gasteiger partial charge in [0.15, 0.2) is 5.76 Å². The average molecular weight is 461 g/mol. The second-order valence-corrected chi connectivity index (χ2v) is 7.52. The van der Waals surface area contributed by atoms with Crippen molar-refractivity contribution in [2.45, 2.75) is 0 Å². The van der Waals surface area contributed by atoms with E-state index in [1.165, 1.54) is 18.2 Å². The van der Waals surface area contributed by atoms with E-state index in [0.29, 0.717) is 26.9 Å². The van der Waals surface area contributed by atoms with Crippen LogP contribution in [0.25, 0.3) is 33.5 Å². The maximum Gasteiger partial charge on any atom is 0.311 e. The van der Waals surface area contributed by atoms with Crippen molar-refractivity contribution in [3.05, 3.63) is 97.8 Å². The fourth-order valence-corrected chi connectivity index (χ4v) is 3.62. The summed E-state index contributed by atoms with van der Waals surface area (Å²) in [6.07, 6.45) is 1.16. The molecule has 5 aromatic rings. The first kappa shape index (κ1) is 20.4. The summed E-state index contributed by atoms with van der Waals surface area (Å²) in [6.45, 7) is 0. The second-order valence-electron chi connectivity index (χ2n) is 7.08. The van der Waals surface area contributed by atoms with Gasteiger partial charge in [0.2, 0.25) is 11.6 Å². The zero-order valence-corrected chi connectivity index (χ0v) is 17.4. The lowest BCUT2D eigenvalue weighted by Gasteiger charge is -2.07. The van der Waals surface area contributed by atoms with E-state index in [1.807, 2.05) is 0 Å². The molecule has 2 aromatic heterocycles. The molecule has 33 heavy (non-hydrogen) atoms. The molecule has 2 heterocycles. The van der Waals surface area contributed by atoms with Crippen LogP contribution in [0.3, 0.4) is 0 Å². The van der Waals surface area contributed by atoms with Gasteiger partial charge < -0.3 is 9.52 Å². The molecule has 0 radical (unpaired) electrons. The minimum absolute atomic E-state index is 0.0617. The average Bonchev–Trinajstić information content (AvgIpc) is 3.22. The Bertz CT molecular complexity index is 1650. The van der Waals surface area contributed by atoms with Gasteiger partial charge in [-0.25, -0.2) is 4.98 Å². The van der Waals surface area contributed by atoms with Crippen LogP contribution in [0.5, 0.6) is 5.75 Å². The third-order valence-corrected chi connectivity index (χ3v) is 5.24. The Morgan fingerprint density at radius 1 is 1.12 bits per heavy atom. The third-order valence-electron chi connectivity index (χ3n) is 5.01. The SMILES string of the molecule is O=c1c2ccccc2nc(-c2cc3cc(Cl)ccc3o2)n1N=Cc1cccc([N+](=O)[O-])c1O. The summed E-state index contributed by atoms with van der Waals surface area (Å²) in [7, 11) is 0. The number of rotatable bonds is 4. The topological polar surface area (TPSA) is 124 Å². The molecule has 0 aliphatic heterocycles. The molecule has 0 unspecified atom stereocenters. The molecule has 3 aromatic carbocycles. The van der Waals surface area contributed by atoms with Crippen LogP contribution in [-0.4, -0.2) is 25.9 Å². The maximum atomic E-state index is 13.2. The number of furan rings is 1. The molecule has 1 N–H and O–H groups in total. The maximum absolute atomic E-state index is 13.2. The van der Waals surface area contributed by atoms with Gasteiger partial charge in [0, 0.05) is 22.0 Å². The first-order chi connectivity index (χ1) is 15.9. The fourth-order valence-electron chi connectivity index (χ4n) is 3.43. The highest BCUT2D eigenvalue weighted by molar-refractivity contribution is 6.31. The number of aromatic nitrogens is 2. The van der Waals surface area contributed by atoms with E-state index < -0.39 is 21.9 Å². The zero-order chi connectivity index (χ0) is 23.1. The number of nitro benzene ring substituents is 1. The predicted molar refractivity (Wildman–Crippen MR) is 124 cm³/mol. The van der Waals surface area contributed by atoms with Crippen LogP contribution in [0.1, 0.15) is 5.56 Å². The summed E-state index contributed by atoms with van der Waals surface area (Å²) in [5, 5.41) is 27.1. The van der Waals surface area contributed by atoms with Crippen LogP contribution in [0.15, 0.2) is 81.0 Å². The molecule has 0 spiro atoms. The van der Waals surface area contributed by atoms with Gasteiger partial charge in [-0.3, -0.25) is 14.9 Å². The minimum Gasteiger partial charge on any atom is -0.502 e. The van der Waals surface area contributed by atoms with Crippen molar-refractivity contribution in [2.75, 3.05) is 0 Å². The number of hydrogen-bond acceptors (Lipinski definition) is 7. The van der Waals surface area contributed by atoms with Crippen LogP contribution in [0.4, 0.5) is 5.69 Å². The summed E-state index contributed by atoms with van der Waals surface area (Å²) in [5.41, 5.74) is 0.100. The summed E-state index contributed by atoms with van der Waals surface area (Å²) in [5.74, 6) is -0.171. The Hall–Kier alpha value is -4.50. The van der Waals surface area contributed by atoms with Crippen LogP contribution in [0.2, 0.25) is 5.02 Å². The predicted octanol–water partition coefficient (Wildman–Crippen LogP) is 4.96. The van der Waals surface area contributed by atoms with Crippen LogP contribution in [0, 0.1) is 10.1 Å². The van der Waals surface area contributed by atoms with E-state index >= 15 is 0 Å². The van der Waals surface area contributed by atoms with Crippen molar-refractivity contribution in [2.24, 2.45) is 5.10 Å². The normalized spacial score (nSPS) is 11.5. The standard InChI is InChI=1S/C23H13ClN4O5/c24-15-8-9-19-14(10-15)11-20(33-19)22-26-17-6-2-1-5-16(17)23(30)27(22)25-12-13-4-3-7-18(21(13)29)28(31)32/h1-12,29H. The van der Waals surface area contributed by atoms with Crippen molar-refractivity contribution in [1.29, 1.82) is 0 Å². The van der Waals surface area contributed by atoms with Crippen molar-refractivity contribution < 1.29 is 14.4 Å². The minimum atomic E-state index is -0.707. The molecule has 0 bridgehead atoms. The molecular formula is C23H13ClN4O5. The number of benzene rings is 3. The number of hydrogen-bond donors (Lipinski definition) is 1. The van der Waals surface area contributed by atoms with Gasteiger partial charge in [0.25, 0.3) is 5.56 Å². The lowest BCUT2D eigenvalue weighted by atomic mass is 10.2. The van der Waals surface area contributed by atoms with E-state index in [1.54, 1.807) is 48.5 Å². The molecule has 0 saturated heterocycles. The van der Waals surface area contributed by atoms with E-state index in [-0.39, 0.29) is 17.1 Å². The molecule has 0 saturated carbocycles. The van der Waals surface area contributed by atoms with E-state index in [2.05, 4.69) is 10.1 Å². The molecule has 5 rings (SSSR count). The molecule has 10 heteroatoms. The Morgan fingerprint density at radius 2 is 1.94 bits per heavy atom. The highest BCUT2D eigenvalue weighted by Crippen LogP contribution is 2.30. The van der Waals surface area contributed by atoms with Crippen molar-refractivity contribution in [1.82, 2.24) is 9.66 Å².